The molecule has 28 heavy (non-hydrogen) atoms. The molecule has 0 radical (unpaired) electrons. The number of carbonyl (C=O) groups excluding carboxylic acids is 2. The second-order valence-electron chi connectivity index (χ2n) is 8.41. The first-order chi connectivity index (χ1) is 13.2. The Morgan fingerprint density at radius 2 is 1.64 bits per heavy atom. The van der Waals surface area contributed by atoms with Crippen LogP contribution in [0, 0.1) is 6.92 Å². The van der Waals surface area contributed by atoms with Gasteiger partial charge in [0.1, 0.15) is 6.04 Å². The molecule has 2 aromatic rings. The van der Waals surface area contributed by atoms with Crippen LogP contribution in [0.2, 0.25) is 0 Å². The predicted molar refractivity (Wildman–Crippen MR) is 114 cm³/mol. The standard InChI is InChI=1S/C24H32N2O2/c1-18-10-9-13-21(16-18)17-26(19(2)23(28)25-24(3,4)5)22(27)15-14-20-11-7-6-8-12-20/h6-13,16,19H,14-15,17H2,1-5H3,(H,25,28)/t19-/m1/s1. The van der Waals surface area contributed by atoms with Crippen molar-refractivity contribution in [1.29, 1.82) is 0 Å². The summed E-state index contributed by atoms with van der Waals surface area (Å²) >= 11 is 0. The average molecular weight is 381 g/mol. The zero-order chi connectivity index (χ0) is 20.7. The van der Waals surface area contributed by atoms with Crippen molar-refractivity contribution in [3.05, 3.63) is 71.3 Å². The van der Waals surface area contributed by atoms with Crippen LogP contribution in [-0.4, -0.2) is 28.3 Å². The fourth-order valence-corrected chi connectivity index (χ4v) is 3.10. The minimum Gasteiger partial charge on any atom is -0.350 e. The third kappa shape index (κ3) is 6.84. The van der Waals surface area contributed by atoms with Gasteiger partial charge in [0.2, 0.25) is 11.8 Å². The lowest BCUT2D eigenvalue weighted by Gasteiger charge is -2.31. The molecule has 0 heterocycles. The third-order valence-electron chi connectivity index (χ3n) is 4.57. The second kappa shape index (κ2) is 9.54. The van der Waals surface area contributed by atoms with Gasteiger partial charge in [-0.3, -0.25) is 9.59 Å². The predicted octanol–water partition coefficient (Wildman–Crippen LogP) is 4.26. The molecule has 4 heteroatoms. The summed E-state index contributed by atoms with van der Waals surface area (Å²) < 4.78 is 0. The lowest BCUT2D eigenvalue weighted by molar-refractivity contribution is -0.141. The van der Waals surface area contributed by atoms with Crippen molar-refractivity contribution < 1.29 is 9.59 Å². The normalized spacial score (nSPS) is 12.3. The smallest absolute Gasteiger partial charge is 0.242 e. The summed E-state index contributed by atoms with van der Waals surface area (Å²) in [6.07, 6.45) is 1.04. The molecule has 4 nitrogen and oxygen atoms in total. The van der Waals surface area contributed by atoms with E-state index in [9.17, 15) is 9.59 Å². The van der Waals surface area contributed by atoms with Crippen molar-refractivity contribution >= 4 is 11.8 Å². The number of rotatable bonds is 7. The van der Waals surface area contributed by atoms with Crippen molar-refractivity contribution in [2.45, 2.75) is 65.6 Å². The first-order valence-corrected chi connectivity index (χ1v) is 9.87. The fourth-order valence-electron chi connectivity index (χ4n) is 3.10. The van der Waals surface area contributed by atoms with E-state index in [-0.39, 0.29) is 17.4 Å². The molecule has 1 atom stereocenters. The Hall–Kier alpha value is -2.62. The number of benzene rings is 2. The van der Waals surface area contributed by atoms with Crippen LogP contribution in [0.15, 0.2) is 54.6 Å². The van der Waals surface area contributed by atoms with E-state index < -0.39 is 6.04 Å². The molecule has 0 unspecified atom stereocenters. The maximum Gasteiger partial charge on any atom is 0.242 e. The molecule has 0 aromatic heterocycles. The zero-order valence-electron chi connectivity index (χ0n) is 17.7. The molecule has 0 saturated heterocycles. The zero-order valence-corrected chi connectivity index (χ0v) is 17.7. The molecule has 150 valence electrons. The first-order valence-electron chi connectivity index (χ1n) is 9.87. The number of nitrogens with zero attached hydrogens (tertiary/aromatic N) is 1. The summed E-state index contributed by atoms with van der Waals surface area (Å²) in [6.45, 7) is 10.1. The summed E-state index contributed by atoms with van der Waals surface area (Å²) in [5.74, 6) is -0.143. The van der Waals surface area contributed by atoms with Gasteiger partial charge < -0.3 is 10.2 Å². The van der Waals surface area contributed by atoms with Gasteiger partial charge in [-0.05, 0) is 52.2 Å². The van der Waals surface area contributed by atoms with Gasteiger partial charge >= 0.3 is 0 Å². The lowest BCUT2D eigenvalue weighted by Crippen LogP contribution is -2.52. The molecule has 2 aromatic carbocycles. The molecule has 0 fully saturated rings. The summed E-state index contributed by atoms with van der Waals surface area (Å²) in [4.78, 5) is 27.5. The molecular weight excluding hydrogens is 348 g/mol. The maximum absolute atomic E-state index is 13.1. The van der Waals surface area contributed by atoms with E-state index in [1.165, 1.54) is 0 Å². The van der Waals surface area contributed by atoms with Gasteiger partial charge in [0.25, 0.3) is 0 Å². The molecule has 0 aliphatic carbocycles. The quantitative estimate of drug-likeness (QED) is 0.780. The highest BCUT2D eigenvalue weighted by Crippen LogP contribution is 2.15. The minimum absolute atomic E-state index is 0.0121. The van der Waals surface area contributed by atoms with Crippen molar-refractivity contribution in [2.75, 3.05) is 0 Å². The van der Waals surface area contributed by atoms with Gasteiger partial charge in [0.05, 0.1) is 0 Å². The van der Waals surface area contributed by atoms with Crippen molar-refractivity contribution in [2.24, 2.45) is 0 Å². The Morgan fingerprint density at radius 3 is 2.25 bits per heavy atom. The van der Waals surface area contributed by atoms with Crippen LogP contribution < -0.4 is 5.32 Å². The highest BCUT2D eigenvalue weighted by molar-refractivity contribution is 5.87. The molecule has 0 bridgehead atoms. The van der Waals surface area contributed by atoms with Gasteiger partial charge in [-0.1, -0.05) is 60.2 Å². The van der Waals surface area contributed by atoms with Gasteiger partial charge in [0, 0.05) is 18.5 Å². The molecule has 0 aliphatic rings. The Labute approximate surface area is 169 Å². The summed E-state index contributed by atoms with van der Waals surface area (Å²) in [7, 11) is 0. The minimum atomic E-state index is -0.539. The number of hydrogen-bond acceptors (Lipinski definition) is 2. The van der Waals surface area contributed by atoms with Gasteiger partial charge in [-0.2, -0.15) is 0 Å². The Kier molecular flexibility index (Phi) is 7.38. The van der Waals surface area contributed by atoms with Crippen molar-refractivity contribution in [3.8, 4) is 0 Å². The maximum atomic E-state index is 13.1. The van der Waals surface area contributed by atoms with Crippen LogP contribution in [0.1, 0.15) is 50.8 Å². The number of hydrogen-bond donors (Lipinski definition) is 1. The average Bonchev–Trinajstić information content (AvgIpc) is 2.63. The first kappa shape index (κ1) is 21.7. The van der Waals surface area contributed by atoms with Gasteiger partial charge in [-0.15, -0.1) is 0 Å². The van der Waals surface area contributed by atoms with E-state index in [1.807, 2.05) is 76.2 Å². The van der Waals surface area contributed by atoms with Gasteiger partial charge in [0.15, 0.2) is 0 Å². The van der Waals surface area contributed by atoms with Crippen LogP contribution in [0.3, 0.4) is 0 Å². The fraction of sp³-hybridized carbons (Fsp3) is 0.417. The highest BCUT2D eigenvalue weighted by atomic mass is 16.2. The monoisotopic (exact) mass is 380 g/mol. The number of aryl methyl sites for hydroxylation is 2. The molecule has 0 saturated carbocycles. The topological polar surface area (TPSA) is 49.4 Å². The third-order valence-corrected chi connectivity index (χ3v) is 4.57. The second-order valence-corrected chi connectivity index (χ2v) is 8.41. The molecule has 0 spiro atoms. The van der Waals surface area contributed by atoms with Crippen LogP contribution in [0.25, 0.3) is 0 Å². The highest BCUT2D eigenvalue weighted by Gasteiger charge is 2.28. The molecular formula is C24H32N2O2. The lowest BCUT2D eigenvalue weighted by atomic mass is 10.1. The molecule has 2 rings (SSSR count). The van der Waals surface area contributed by atoms with Crippen molar-refractivity contribution in [1.82, 2.24) is 10.2 Å². The number of nitrogens with one attached hydrogen (secondary N) is 1. The van der Waals surface area contributed by atoms with Crippen LogP contribution in [-0.2, 0) is 22.6 Å². The van der Waals surface area contributed by atoms with Gasteiger partial charge in [-0.25, -0.2) is 0 Å². The van der Waals surface area contributed by atoms with Crippen molar-refractivity contribution in [3.63, 3.8) is 0 Å². The van der Waals surface area contributed by atoms with Crippen LogP contribution in [0.4, 0.5) is 0 Å². The van der Waals surface area contributed by atoms with E-state index >= 15 is 0 Å². The van der Waals surface area contributed by atoms with E-state index in [1.54, 1.807) is 11.8 Å². The van der Waals surface area contributed by atoms with Crippen LogP contribution in [0.5, 0.6) is 0 Å². The molecule has 0 aliphatic heterocycles. The Morgan fingerprint density at radius 1 is 1.00 bits per heavy atom. The number of amides is 2. The number of carbonyl (C=O) groups is 2. The Bertz CT molecular complexity index is 794. The van der Waals surface area contributed by atoms with Crippen LogP contribution >= 0.6 is 0 Å². The molecule has 1 N–H and O–H groups in total. The largest absolute Gasteiger partial charge is 0.350 e. The summed E-state index contributed by atoms with van der Waals surface area (Å²) in [6, 6.07) is 17.5. The van der Waals surface area contributed by atoms with E-state index in [0.29, 0.717) is 19.4 Å². The van der Waals surface area contributed by atoms with E-state index in [0.717, 1.165) is 16.7 Å². The molecule has 2 amide bonds. The SMILES string of the molecule is Cc1cccc(CN(C(=O)CCc2ccccc2)[C@H](C)C(=O)NC(C)(C)C)c1. The van der Waals surface area contributed by atoms with E-state index in [2.05, 4.69) is 11.4 Å². The summed E-state index contributed by atoms with van der Waals surface area (Å²) in [5, 5.41) is 2.99. The van der Waals surface area contributed by atoms with E-state index in [4.69, 9.17) is 0 Å². The summed E-state index contributed by atoms with van der Waals surface area (Å²) in [5.41, 5.74) is 2.95. The Balaban J connectivity index is 2.16.